The normalized spacial score (nSPS) is 32.4. The molecular weight excluding hydrogens is 316 g/mol. The SMILES string of the molecule is CC1C(=O)CC23C1=Cc1ccccc1C2CCCC3Cc1ccccc1. The van der Waals surface area contributed by atoms with Gasteiger partial charge in [-0.3, -0.25) is 4.79 Å². The lowest BCUT2D eigenvalue weighted by atomic mass is 9.52. The molecule has 0 bridgehead atoms. The summed E-state index contributed by atoms with van der Waals surface area (Å²) in [5, 5.41) is 0. The molecule has 0 saturated heterocycles. The molecule has 3 aliphatic carbocycles. The number of Topliss-reactive ketones (excluding diaryl/α,β-unsaturated/α-hetero) is 1. The molecule has 2 saturated carbocycles. The van der Waals surface area contributed by atoms with E-state index in [2.05, 4.69) is 67.6 Å². The summed E-state index contributed by atoms with van der Waals surface area (Å²) in [6.45, 7) is 2.14. The molecule has 3 aliphatic rings. The second-order valence-electron chi connectivity index (χ2n) is 8.50. The maximum atomic E-state index is 12.9. The molecule has 0 aromatic heterocycles. The Morgan fingerprint density at radius 3 is 2.62 bits per heavy atom. The van der Waals surface area contributed by atoms with E-state index in [1.807, 2.05) is 0 Å². The van der Waals surface area contributed by atoms with Crippen molar-refractivity contribution in [3.63, 3.8) is 0 Å². The first-order valence-corrected chi connectivity index (χ1v) is 10.1. The fourth-order valence-electron chi connectivity index (χ4n) is 6.19. The Morgan fingerprint density at radius 2 is 1.77 bits per heavy atom. The zero-order valence-electron chi connectivity index (χ0n) is 15.4. The number of hydrogen-bond acceptors (Lipinski definition) is 1. The largest absolute Gasteiger partial charge is 0.299 e. The lowest BCUT2D eigenvalue weighted by molar-refractivity contribution is -0.121. The molecule has 0 heterocycles. The summed E-state index contributed by atoms with van der Waals surface area (Å²) in [6.07, 6.45) is 7.96. The standard InChI is InChI=1S/C25H26O/c1-17-23-15-19-10-5-6-12-21(19)22-13-7-11-20(25(22,23)16-24(17)26)14-18-8-3-2-4-9-18/h2-6,8-10,12,15,17,20,22H,7,11,13-14,16H2,1H3. The number of allylic oxidation sites excluding steroid dienone is 1. The van der Waals surface area contributed by atoms with E-state index in [1.54, 1.807) is 0 Å². The van der Waals surface area contributed by atoms with Gasteiger partial charge in [-0.05, 0) is 47.8 Å². The van der Waals surface area contributed by atoms with Gasteiger partial charge < -0.3 is 0 Å². The monoisotopic (exact) mass is 342 g/mol. The molecule has 4 atom stereocenters. The van der Waals surface area contributed by atoms with Crippen LogP contribution in [0.15, 0.2) is 60.2 Å². The summed E-state index contributed by atoms with van der Waals surface area (Å²) in [5.41, 5.74) is 5.74. The molecule has 2 fully saturated rings. The lowest BCUT2D eigenvalue weighted by Gasteiger charge is -2.51. The van der Waals surface area contributed by atoms with Crippen molar-refractivity contribution < 1.29 is 4.79 Å². The van der Waals surface area contributed by atoms with E-state index in [4.69, 9.17) is 0 Å². The molecule has 0 aliphatic heterocycles. The average Bonchev–Trinajstić information content (AvgIpc) is 2.92. The fraction of sp³-hybridized carbons (Fsp3) is 0.400. The predicted octanol–water partition coefficient (Wildman–Crippen LogP) is 5.81. The van der Waals surface area contributed by atoms with Crippen molar-refractivity contribution in [3.8, 4) is 0 Å². The number of fused-ring (bicyclic) bond motifs is 2. The quantitative estimate of drug-likeness (QED) is 0.673. The van der Waals surface area contributed by atoms with Gasteiger partial charge in [-0.15, -0.1) is 0 Å². The van der Waals surface area contributed by atoms with E-state index in [1.165, 1.54) is 41.5 Å². The van der Waals surface area contributed by atoms with Crippen LogP contribution in [0.3, 0.4) is 0 Å². The Hall–Kier alpha value is -2.15. The minimum atomic E-state index is 0.0545. The van der Waals surface area contributed by atoms with Crippen LogP contribution in [0, 0.1) is 17.3 Å². The molecule has 1 heteroatoms. The van der Waals surface area contributed by atoms with E-state index in [-0.39, 0.29) is 11.3 Å². The lowest BCUT2D eigenvalue weighted by Crippen LogP contribution is -2.42. The minimum Gasteiger partial charge on any atom is -0.299 e. The van der Waals surface area contributed by atoms with Crippen molar-refractivity contribution in [1.82, 2.24) is 0 Å². The van der Waals surface area contributed by atoms with Crippen molar-refractivity contribution >= 4 is 11.9 Å². The first-order valence-electron chi connectivity index (χ1n) is 10.1. The molecule has 0 radical (unpaired) electrons. The Morgan fingerprint density at radius 1 is 1.00 bits per heavy atom. The average molecular weight is 342 g/mol. The van der Waals surface area contributed by atoms with E-state index >= 15 is 0 Å². The predicted molar refractivity (Wildman–Crippen MR) is 106 cm³/mol. The second kappa shape index (κ2) is 5.94. The van der Waals surface area contributed by atoms with Gasteiger partial charge in [0.1, 0.15) is 5.78 Å². The molecule has 5 rings (SSSR count). The van der Waals surface area contributed by atoms with E-state index in [0.717, 1.165) is 12.8 Å². The Bertz CT molecular complexity index is 878. The summed E-state index contributed by atoms with van der Waals surface area (Å²) in [7, 11) is 0. The maximum Gasteiger partial charge on any atom is 0.140 e. The van der Waals surface area contributed by atoms with Gasteiger partial charge in [-0.25, -0.2) is 0 Å². The smallest absolute Gasteiger partial charge is 0.140 e. The van der Waals surface area contributed by atoms with E-state index < -0.39 is 0 Å². The molecular formula is C25H26O. The van der Waals surface area contributed by atoms with Crippen LogP contribution < -0.4 is 0 Å². The molecule has 2 aromatic carbocycles. The number of benzene rings is 2. The van der Waals surface area contributed by atoms with Gasteiger partial charge in [-0.1, -0.05) is 79.6 Å². The summed E-state index contributed by atoms with van der Waals surface area (Å²) >= 11 is 0. The number of carbonyl (C=O) groups is 1. The highest BCUT2D eigenvalue weighted by Crippen LogP contribution is 2.65. The molecule has 26 heavy (non-hydrogen) atoms. The third-order valence-corrected chi connectivity index (χ3v) is 7.36. The van der Waals surface area contributed by atoms with Gasteiger partial charge in [0.05, 0.1) is 0 Å². The van der Waals surface area contributed by atoms with Crippen LogP contribution in [-0.4, -0.2) is 5.78 Å². The molecule has 1 spiro atoms. The summed E-state index contributed by atoms with van der Waals surface area (Å²) in [4.78, 5) is 12.9. The van der Waals surface area contributed by atoms with Crippen LogP contribution in [0.4, 0.5) is 0 Å². The van der Waals surface area contributed by atoms with E-state index in [0.29, 0.717) is 17.6 Å². The van der Waals surface area contributed by atoms with E-state index in [9.17, 15) is 4.79 Å². The van der Waals surface area contributed by atoms with Crippen molar-refractivity contribution in [3.05, 3.63) is 76.9 Å². The molecule has 0 amide bonds. The highest BCUT2D eigenvalue weighted by molar-refractivity contribution is 5.92. The summed E-state index contributed by atoms with van der Waals surface area (Å²) in [5.74, 6) is 1.61. The van der Waals surface area contributed by atoms with Crippen molar-refractivity contribution in [2.75, 3.05) is 0 Å². The van der Waals surface area contributed by atoms with Gasteiger partial charge in [0.2, 0.25) is 0 Å². The molecule has 132 valence electrons. The van der Waals surface area contributed by atoms with Gasteiger partial charge in [0.25, 0.3) is 0 Å². The Balaban J connectivity index is 1.65. The third-order valence-electron chi connectivity index (χ3n) is 7.36. The topological polar surface area (TPSA) is 17.1 Å². The number of carbonyl (C=O) groups excluding carboxylic acids is 1. The van der Waals surface area contributed by atoms with Crippen LogP contribution in [0.25, 0.3) is 6.08 Å². The number of hydrogen-bond donors (Lipinski definition) is 0. The minimum absolute atomic E-state index is 0.0545. The Labute approximate surface area is 156 Å². The van der Waals surface area contributed by atoms with Crippen molar-refractivity contribution in [1.29, 1.82) is 0 Å². The first-order chi connectivity index (χ1) is 12.7. The zero-order chi connectivity index (χ0) is 17.7. The highest BCUT2D eigenvalue weighted by atomic mass is 16.1. The molecule has 1 nitrogen and oxygen atoms in total. The number of rotatable bonds is 2. The zero-order valence-corrected chi connectivity index (χ0v) is 15.4. The van der Waals surface area contributed by atoms with Gasteiger partial charge in [0, 0.05) is 17.8 Å². The van der Waals surface area contributed by atoms with Gasteiger partial charge in [-0.2, -0.15) is 0 Å². The molecule has 0 N–H and O–H groups in total. The maximum absolute atomic E-state index is 12.9. The number of ketones is 1. The summed E-state index contributed by atoms with van der Waals surface area (Å²) < 4.78 is 0. The van der Waals surface area contributed by atoms with Crippen LogP contribution in [-0.2, 0) is 11.2 Å². The highest BCUT2D eigenvalue weighted by Gasteiger charge is 2.58. The van der Waals surface area contributed by atoms with Crippen LogP contribution in [0.5, 0.6) is 0 Å². The molecule has 4 unspecified atom stereocenters. The second-order valence-corrected chi connectivity index (χ2v) is 8.50. The Kier molecular flexibility index (Phi) is 3.67. The van der Waals surface area contributed by atoms with Crippen LogP contribution in [0.1, 0.15) is 55.2 Å². The van der Waals surface area contributed by atoms with Crippen LogP contribution in [0.2, 0.25) is 0 Å². The molecule has 2 aromatic rings. The third kappa shape index (κ3) is 2.19. The van der Waals surface area contributed by atoms with Crippen molar-refractivity contribution in [2.45, 2.75) is 44.9 Å². The first kappa shape index (κ1) is 16.1. The van der Waals surface area contributed by atoms with Gasteiger partial charge in [0.15, 0.2) is 0 Å². The fourth-order valence-corrected chi connectivity index (χ4v) is 6.19. The van der Waals surface area contributed by atoms with Crippen molar-refractivity contribution in [2.24, 2.45) is 17.3 Å². The van der Waals surface area contributed by atoms with Crippen LogP contribution >= 0.6 is 0 Å². The van der Waals surface area contributed by atoms with Gasteiger partial charge >= 0.3 is 0 Å². The summed E-state index contributed by atoms with van der Waals surface area (Å²) in [6, 6.07) is 19.7.